The SMILES string of the molecule is CC(NS(=O)(=O)c1cccc(C(F)(F)F)c1)C(=N)N. The van der Waals surface area contributed by atoms with E-state index in [1.807, 2.05) is 4.72 Å². The Morgan fingerprint density at radius 3 is 2.47 bits per heavy atom. The first kappa shape index (κ1) is 15.4. The van der Waals surface area contributed by atoms with Gasteiger partial charge in [0.1, 0.15) is 5.84 Å². The van der Waals surface area contributed by atoms with E-state index in [0.29, 0.717) is 6.07 Å². The Hall–Kier alpha value is -1.61. The predicted octanol–water partition coefficient (Wildman–Crippen LogP) is 1.31. The van der Waals surface area contributed by atoms with Crippen molar-refractivity contribution >= 4 is 15.9 Å². The maximum absolute atomic E-state index is 12.5. The molecule has 0 radical (unpaired) electrons. The zero-order chi connectivity index (χ0) is 14.8. The van der Waals surface area contributed by atoms with Crippen LogP contribution >= 0.6 is 0 Å². The van der Waals surface area contributed by atoms with Crippen molar-refractivity contribution in [2.45, 2.75) is 24.0 Å². The standard InChI is InChI=1S/C10H12F3N3O2S/c1-6(9(14)15)16-19(17,18)8-4-2-3-7(5-8)10(11,12)13/h2-6,16H,1H3,(H3,14,15). The summed E-state index contributed by atoms with van der Waals surface area (Å²) >= 11 is 0. The van der Waals surface area contributed by atoms with Crippen molar-refractivity contribution in [2.75, 3.05) is 0 Å². The van der Waals surface area contributed by atoms with Crippen LogP contribution in [0.4, 0.5) is 13.2 Å². The van der Waals surface area contributed by atoms with E-state index in [4.69, 9.17) is 11.1 Å². The first-order valence-corrected chi connectivity index (χ1v) is 6.56. The van der Waals surface area contributed by atoms with E-state index >= 15 is 0 Å². The van der Waals surface area contributed by atoms with Crippen molar-refractivity contribution in [3.8, 4) is 0 Å². The van der Waals surface area contributed by atoms with Gasteiger partial charge in [-0.3, -0.25) is 5.41 Å². The number of amidine groups is 1. The fourth-order valence-corrected chi connectivity index (χ4v) is 2.47. The topological polar surface area (TPSA) is 96.0 Å². The van der Waals surface area contributed by atoms with Crippen molar-refractivity contribution in [3.63, 3.8) is 0 Å². The third-order valence-electron chi connectivity index (χ3n) is 2.27. The second-order valence-electron chi connectivity index (χ2n) is 3.82. The van der Waals surface area contributed by atoms with Gasteiger partial charge in [-0.25, -0.2) is 13.1 Å². The molecule has 0 aliphatic heterocycles. The van der Waals surface area contributed by atoms with Gasteiger partial charge >= 0.3 is 6.18 Å². The van der Waals surface area contributed by atoms with Gasteiger partial charge in [0.15, 0.2) is 0 Å². The summed E-state index contributed by atoms with van der Waals surface area (Å²) in [4.78, 5) is -0.532. The Morgan fingerprint density at radius 1 is 1.42 bits per heavy atom. The molecule has 0 bridgehead atoms. The van der Waals surface area contributed by atoms with Gasteiger partial charge in [0.2, 0.25) is 10.0 Å². The van der Waals surface area contributed by atoms with Gasteiger partial charge in [-0.2, -0.15) is 13.2 Å². The van der Waals surface area contributed by atoms with E-state index in [0.717, 1.165) is 18.2 Å². The van der Waals surface area contributed by atoms with Crippen molar-refractivity contribution in [2.24, 2.45) is 5.73 Å². The molecule has 0 amide bonds. The fourth-order valence-electron chi connectivity index (χ4n) is 1.20. The van der Waals surface area contributed by atoms with E-state index in [1.54, 1.807) is 0 Å². The Kier molecular flexibility index (Phi) is 4.21. The molecule has 1 atom stereocenters. The number of alkyl halides is 3. The summed E-state index contributed by atoms with van der Waals surface area (Å²) in [5.74, 6) is -0.435. The Morgan fingerprint density at radius 2 is 2.00 bits per heavy atom. The lowest BCUT2D eigenvalue weighted by Gasteiger charge is -2.14. The van der Waals surface area contributed by atoms with Crippen LogP contribution in [0.2, 0.25) is 0 Å². The zero-order valence-electron chi connectivity index (χ0n) is 9.82. The van der Waals surface area contributed by atoms with Crippen molar-refractivity contribution in [3.05, 3.63) is 29.8 Å². The third kappa shape index (κ3) is 3.93. The summed E-state index contributed by atoms with van der Waals surface area (Å²) < 4.78 is 63.0. The highest BCUT2D eigenvalue weighted by molar-refractivity contribution is 7.89. The van der Waals surface area contributed by atoms with Gasteiger partial charge in [-0.1, -0.05) is 6.07 Å². The van der Waals surface area contributed by atoms with E-state index < -0.39 is 38.5 Å². The average Bonchev–Trinajstić information content (AvgIpc) is 2.27. The lowest BCUT2D eigenvalue weighted by atomic mass is 10.2. The summed E-state index contributed by atoms with van der Waals surface area (Å²) in [6.07, 6.45) is -4.63. The third-order valence-corrected chi connectivity index (χ3v) is 3.81. The first-order valence-electron chi connectivity index (χ1n) is 5.07. The lowest BCUT2D eigenvalue weighted by molar-refractivity contribution is -0.137. The highest BCUT2D eigenvalue weighted by atomic mass is 32.2. The number of hydrogen-bond donors (Lipinski definition) is 3. The maximum atomic E-state index is 12.5. The van der Waals surface area contributed by atoms with Crippen LogP contribution in [0, 0.1) is 5.41 Å². The summed E-state index contributed by atoms with van der Waals surface area (Å²) in [7, 11) is -4.16. The summed E-state index contributed by atoms with van der Waals surface area (Å²) in [6, 6.07) is 2.32. The summed E-state index contributed by atoms with van der Waals surface area (Å²) in [6.45, 7) is 1.31. The van der Waals surface area contributed by atoms with Gasteiger partial charge in [0.25, 0.3) is 0 Å². The molecule has 0 aliphatic carbocycles. The molecule has 0 spiro atoms. The molecule has 0 saturated heterocycles. The maximum Gasteiger partial charge on any atom is 0.416 e. The van der Waals surface area contributed by atoms with Crippen LogP contribution in [0.5, 0.6) is 0 Å². The minimum atomic E-state index is -4.63. The Labute approximate surface area is 108 Å². The smallest absolute Gasteiger partial charge is 0.386 e. The van der Waals surface area contributed by atoms with Crippen LogP contribution in [0.3, 0.4) is 0 Å². The molecular formula is C10H12F3N3O2S. The monoisotopic (exact) mass is 295 g/mol. The van der Waals surface area contributed by atoms with Gasteiger partial charge in [0, 0.05) is 0 Å². The molecule has 9 heteroatoms. The van der Waals surface area contributed by atoms with Crippen molar-refractivity contribution in [1.82, 2.24) is 4.72 Å². The van der Waals surface area contributed by atoms with Gasteiger partial charge in [-0.15, -0.1) is 0 Å². The molecule has 1 aromatic rings. The molecular weight excluding hydrogens is 283 g/mol. The Balaban J connectivity index is 3.13. The van der Waals surface area contributed by atoms with E-state index in [1.165, 1.54) is 6.92 Å². The number of nitrogens with one attached hydrogen (secondary N) is 2. The van der Waals surface area contributed by atoms with Gasteiger partial charge < -0.3 is 5.73 Å². The summed E-state index contributed by atoms with van der Waals surface area (Å²) in [5, 5.41) is 7.06. The number of nitrogens with two attached hydrogens (primary N) is 1. The van der Waals surface area contributed by atoms with Crippen molar-refractivity contribution < 1.29 is 21.6 Å². The molecule has 5 nitrogen and oxygen atoms in total. The average molecular weight is 295 g/mol. The molecule has 0 saturated carbocycles. The first-order chi connectivity index (χ1) is 8.54. The molecule has 0 heterocycles. The second kappa shape index (κ2) is 5.17. The summed E-state index contributed by atoms with van der Waals surface area (Å²) in [5.41, 5.74) is 4.03. The van der Waals surface area contributed by atoms with Gasteiger partial charge in [0.05, 0.1) is 16.5 Å². The van der Waals surface area contributed by atoms with Crippen molar-refractivity contribution in [1.29, 1.82) is 5.41 Å². The number of benzene rings is 1. The zero-order valence-corrected chi connectivity index (χ0v) is 10.6. The minimum absolute atomic E-state index is 0.435. The number of rotatable bonds is 4. The van der Waals surface area contributed by atoms with E-state index in [2.05, 4.69) is 0 Å². The second-order valence-corrected chi connectivity index (χ2v) is 5.54. The van der Waals surface area contributed by atoms with Crippen LogP contribution in [0.15, 0.2) is 29.2 Å². The molecule has 19 heavy (non-hydrogen) atoms. The molecule has 0 aliphatic rings. The fraction of sp³-hybridized carbons (Fsp3) is 0.300. The van der Waals surface area contributed by atoms with Crippen LogP contribution in [0.1, 0.15) is 12.5 Å². The highest BCUT2D eigenvalue weighted by Crippen LogP contribution is 2.30. The van der Waals surface area contributed by atoms with Crippen LogP contribution < -0.4 is 10.5 Å². The molecule has 0 aromatic heterocycles. The quantitative estimate of drug-likeness (QED) is 0.577. The van der Waals surface area contributed by atoms with E-state index in [-0.39, 0.29) is 0 Å². The van der Waals surface area contributed by atoms with Crippen LogP contribution in [0.25, 0.3) is 0 Å². The van der Waals surface area contributed by atoms with Crippen LogP contribution in [-0.2, 0) is 16.2 Å². The molecule has 106 valence electrons. The molecule has 1 aromatic carbocycles. The Bertz CT molecular complexity index is 584. The van der Waals surface area contributed by atoms with Gasteiger partial charge in [-0.05, 0) is 25.1 Å². The number of halogens is 3. The lowest BCUT2D eigenvalue weighted by Crippen LogP contribution is -2.41. The predicted molar refractivity (Wildman–Crippen MR) is 63.1 cm³/mol. The molecule has 1 unspecified atom stereocenters. The minimum Gasteiger partial charge on any atom is -0.386 e. The normalized spacial score (nSPS) is 14.1. The molecule has 1 rings (SSSR count). The van der Waals surface area contributed by atoms with Crippen LogP contribution in [-0.4, -0.2) is 20.3 Å². The molecule has 0 fully saturated rings. The largest absolute Gasteiger partial charge is 0.416 e. The number of sulfonamides is 1. The number of hydrogen-bond acceptors (Lipinski definition) is 3. The molecule has 4 N–H and O–H groups in total. The van der Waals surface area contributed by atoms with E-state index in [9.17, 15) is 21.6 Å². The highest BCUT2D eigenvalue weighted by Gasteiger charge is 2.31.